The predicted molar refractivity (Wildman–Crippen MR) is 101 cm³/mol. The van der Waals surface area contributed by atoms with Crippen LogP contribution >= 0.6 is 0 Å². The third kappa shape index (κ3) is 3.66. The minimum atomic E-state index is -4.68. The summed E-state index contributed by atoms with van der Waals surface area (Å²) in [7, 11) is 0. The lowest BCUT2D eigenvalue weighted by Crippen LogP contribution is -2.29. The summed E-state index contributed by atoms with van der Waals surface area (Å²) in [4.78, 5) is 40.1. The molecular formula is C21H15F3N2O4. The lowest BCUT2D eigenvalue weighted by Gasteiger charge is -2.22. The zero-order valence-corrected chi connectivity index (χ0v) is 15.4. The minimum absolute atomic E-state index is 0.129. The van der Waals surface area contributed by atoms with Gasteiger partial charge in [0.2, 0.25) is 0 Å². The number of hydrogen-bond acceptors (Lipinski definition) is 4. The van der Waals surface area contributed by atoms with Gasteiger partial charge in [-0.2, -0.15) is 13.2 Å². The van der Waals surface area contributed by atoms with E-state index < -0.39 is 34.5 Å². The van der Waals surface area contributed by atoms with Crippen LogP contribution in [0, 0.1) is 0 Å². The van der Waals surface area contributed by atoms with Gasteiger partial charge in [-0.1, -0.05) is 12.1 Å². The van der Waals surface area contributed by atoms with E-state index in [1.807, 2.05) is 0 Å². The van der Waals surface area contributed by atoms with Gasteiger partial charge in [-0.05, 0) is 36.8 Å². The highest BCUT2D eigenvalue weighted by Gasteiger charge is 2.34. The van der Waals surface area contributed by atoms with Crippen molar-refractivity contribution < 1.29 is 27.2 Å². The van der Waals surface area contributed by atoms with Crippen LogP contribution in [-0.4, -0.2) is 16.7 Å². The van der Waals surface area contributed by atoms with Gasteiger partial charge in [0, 0.05) is 23.6 Å². The zero-order chi connectivity index (χ0) is 21.5. The number of pyridine rings is 1. The molecule has 154 valence electrons. The molecule has 1 atom stereocenters. The number of fused-ring (bicyclic) bond motifs is 1. The van der Waals surface area contributed by atoms with Gasteiger partial charge >= 0.3 is 6.18 Å². The molecular weight excluding hydrogens is 401 g/mol. The molecule has 2 aromatic heterocycles. The van der Waals surface area contributed by atoms with Crippen LogP contribution in [0.5, 0.6) is 0 Å². The summed E-state index contributed by atoms with van der Waals surface area (Å²) < 4.78 is 44.7. The van der Waals surface area contributed by atoms with Gasteiger partial charge in [0.1, 0.15) is 11.3 Å². The van der Waals surface area contributed by atoms with E-state index in [1.54, 1.807) is 12.1 Å². The number of Topliss-reactive ketones (excluding diaryl/α,β-unsaturated/α-hetero) is 1. The second-order valence-corrected chi connectivity index (χ2v) is 6.95. The maximum absolute atomic E-state index is 13.1. The molecule has 0 radical (unpaired) electrons. The van der Waals surface area contributed by atoms with Crippen molar-refractivity contribution in [3.8, 4) is 0 Å². The van der Waals surface area contributed by atoms with E-state index >= 15 is 0 Å². The van der Waals surface area contributed by atoms with Gasteiger partial charge in [-0.3, -0.25) is 14.4 Å². The Morgan fingerprint density at radius 2 is 1.87 bits per heavy atom. The fourth-order valence-electron chi connectivity index (χ4n) is 3.55. The fraction of sp³-hybridized carbons (Fsp3) is 0.190. The van der Waals surface area contributed by atoms with Crippen LogP contribution in [0.3, 0.4) is 0 Å². The van der Waals surface area contributed by atoms with Crippen molar-refractivity contribution in [1.29, 1.82) is 0 Å². The molecule has 0 spiro atoms. The third-order valence-electron chi connectivity index (χ3n) is 4.98. The van der Waals surface area contributed by atoms with Gasteiger partial charge in [0.05, 0.1) is 17.5 Å². The number of aromatic nitrogens is 1. The molecule has 1 aromatic carbocycles. The molecule has 6 nitrogen and oxygen atoms in total. The first kappa shape index (κ1) is 19.7. The van der Waals surface area contributed by atoms with Crippen molar-refractivity contribution in [2.24, 2.45) is 0 Å². The predicted octanol–water partition coefficient (Wildman–Crippen LogP) is 4.15. The van der Waals surface area contributed by atoms with E-state index in [4.69, 9.17) is 4.42 Å². The summed E-state index contributed by atoms with van der Waals surface area (Å²) in [5, 5.41) is 2.12. The number of anilines is 1. The Morgan fingerprint density at radius 3 is 2.57 bits per heavy atom. The molecule has 0 bridgehead atoms. The Morgan fingerprint density at radius 1 is 1.10 bits per heavy atom. The van der Waals surface area contributed by atoms with Gasteiger partial charge in [-0.25, -0.2) is 0 Å². The molecule has 4 rings (SSSR count). The molecule has 2 heterocycles. The van der Waals surface area contributed by atoms with E-state index in [9.17, 15) is 27.6 Å². The molecule has 1 aliphatic rings. The molecule has 0 saturated carbocycles. The van der Waals surface area contributed by atoms with Crippen molar-refractivity contribution >= 4 is 17.4 Å². The number of benzene rings is 1. The fourth-order valence-corrected chi connectivity index (χ4v) is 3.55. The van der Waals surface area contributed by atoms with Crippen LogP contribution in [0.25, 0.3) is 0 Å². The lowest BCUT2D eigenvalue weighted by atomic mass is 9.84. The average molecular weight is 416 g/mol. The summed E-state index contributed by atoms with van der Waals surface area (Å²) in [6.07, 6.45) is -2.72. The number of alkyl halides is 3. The first-order chi connectivity index (χ1) is 14.2. The average Bonchev–Trinajstić information content (AvgIpc) is 3.21. The maximum Gasteiger partial charge on any atom is 0.418 e. The Labute approximate surface area is 167 Å². The Hall–Kier alpha value is -3.62. The van der Waals surface area contributed by atoms with Crippen molar-refractivity contribution in [2.45, 2.75) is 24.9 Å². The lowest BCUT2D eigenvalue weighted by molar-refractivity contribution is -0.136. The normalized spacial score (nSPS) is 16.2. The summed E-state index contributed by atoms with van der Waals surface area (Å²) in [5.74, 6) is -0.954. The van der Waals surface area contributed by atoms with Crippen LogP contribution < -0.4 is 10.9 Å². The number of rotatable bonds is 3. The molecule has 9 heteroatoms. The topological polar surface area (TPSA) is 92.2 Å². The van der Waals surface area contributed by atoms with Gasteiger partial charge in [0.15, 0.2) is 5.78 Å². The van der Waals surface area contributed by atoms with Gasteiger partial charge < -0.3 is 14.7 Å². The van der Waals surface area contributed by atoms with E-state index in [0.717, 1.165) is 18.2 Å². The van der Waals surface area contributed by atoms with Crippen molar-refractivity contribution in [3.05, 3.63) is 87.2 Å². The largest absolute Gasteiger partial charge is 0.469 e. The minimum Gasteiger partial charge on any atom is -0.469 e. The summed E-state index contributed by atoms with van der Waals surface area (Å²) in [5.41, 5.74) is -2.20. The van der Waals surface area contributed by atoms with Crippen LogP contribution in [0.15, 0.2) is 57.9 Å². The maximum atomic E-state index is 13.1. The van der Waals surface area contributed by atoms with Crippen LogP contribution in [0.1, 0.15) is 50.1 Å². The van der Waals surface area contributed by atoms with Crippen LogP contribution in [0.2, 0.25) is 0 Å². The number of hydrogen-bond donors (Lipinski definition) is 2. The smallest absolute Gasteiger partial charge is 0.418 e. The van der Waals surface area contributed by atoms with E-state index in [1.165, 1.54) is 18.4 Å². The van der Waals surface area contributed by atoms with E-state index in [2.05, 4.69) is 10.3 Å². The summed E-state index contributed by atoms with van der Waals surface area (Å²) >= 11 is 0. The van der Waals surface area contributed by atoms with E-state index in [-0.39, 0.29) is 23.7 Å². The Kier molecular flexibility index (Phi) is 4.81. The number of amides is 1. The number of H-pyrrole nitrogens is 1. The van der Waals surface area contributed by atoms with Gasteiger partial charge in [0.25, 0.3) is 11.5 Å². The first-order valence-corrected chi connectivity index (χ1v) is 9.04. The van der Waals surface area contributed by atoms with Crippen LogP contribution in [0.4, 0.5) is 18.9 Å². The van der Waals surface area contributed by atoms with E-state index in [0.29, 0.717) is 17.9 Å². The third-order valence-corrected chi connectivity index (χ3v) is 4.98. The molecule has 2 N–H and O–H groups in total. The number of carbonyl (C=O) groups is 2. The Balaban J connectivity index is 1.65. The summed E-state index contributed by atoms with van der Waals surface area (Å²) in [6.45, 7) is 0. The first-order valence-electron chi connectivity index (χ1n) is 9.04. The molecule has 1 amide bonds. The molecule has 0 saturated heterocycles. The molecule has 1 unspecified atom stereocenters. The second-order valence-electron chi connectivity index (χ2n) is 6.95. The zero-order valence-electron chi connectivity index (χ0n) is 15.4. The van der Waals surface area contributed by atoms with Crippen molar-refractivity contribution in [2.75, 3.05) is 5.32 Å². The summed E-state index contributed by atoms with van der Waals surface area (Å²) in [6, 6.07) is 9.02. The van der Waals surface area contributed by atoms with Crippen molar-refractivity contribution in [3.63, 3.8) is 0 Å². The quantitative estimate of drug-likeness (QED) is 0.671. The molecule has 1 aliphatic carbocycles. The Bertz CT molecular complexity index is 1180. The number of para-hydroxylation sites is 1. The molecule has 0 aliphatic heterocycles. The number of nitrogens with one attached hydrogen (secondary N) is 2. The highest BCUT2D eigenvalue weighted by molar-refractivity contribution is 6.07. The number of carbonyl (C=O) groups excluding carboxylic acids is 2. The molecule has 30 heavy (non-hydrogen) atoms. The number of furan rings is 1. The highest BCUT2D eigenvalue weighted by atomic mass is 19.4. The standard InChI is InChI=1S/C21H15F3N2O4/c22-21(23,24)14-4-1-2-5-15(14)25-19(28)13-10-12-16(26-20(13)29)8-11(9-17(12)27)18-6-3-7-30-18/h1-7,10-11H,8-9H2,(H,25,28)(H,26,29). The molecule has 3 aromatic rings. The number of ketones is 1. The molecule has 0 fully saturated rings. The SMILES string of the molecule is O=C1CC(c2ccco2)Cc2[nH]c(=O)c(C(=O)Nc3ccccc3C(F)(F)F)cc21. The number of aromatic amines is 1. The van der Waals surface area contributed by atoms with Crippen molar-refractivity contribution in [1.82, 2.24) is 4.98 Å². The second kappa shape index (κ2) is 7.33. The monoisotopic (exact) mass is 416 g/mol. The number of halogens is 3. The van der Waals surface area contributed by atoms with Gasteiger partial charge in [-0.15, -0.1) is 0 Å². The van der Waals surface area contributed by atoms with Crippen LogP contribution in [-0.2, 0) is 12.6 Å². The highest BCUT2D eigenvalue weighted by Crippen LogP contribution is 2.35.